The third kappa shape index (κ3) is 2.60. The van der Waals surface area contributed by atoms with Crippen LogP contribution in [0.4, 0.5) is 5.69 Å². The molecule has 3 nitrogen and oxygen atoms in total. The molecule has 0 heterocycles. The number of rotatable bonds is 2. The van der Waals surface area contributed by atoms with Gasteiger partial charge in [-0.15, -0.1) is 0 Å². The molecule has 0 radical (unpaired) electrons. The zero-order valence-electron chi connectivity index (χ0n) is 11.2. The summed E-state index contributed by atoms with van der Waals surface area (Å²) in [5.41, 5.74) is 1.71. The van der Waals surface area contributed by atoms with Gasteiger partial charge in [-0.05, 0) is 29.7 Å². The lowest BCUT2D eigenvalue weighted by Crippen LogP contribution is -2.12. The first-order chi connectivity index (χ1) is 10.3. The van der Waals surface area contributed by atoms with E-state index in [0.717, 1.165) is 16.5 Å². The van der Waals surface area contributed by atoms with E-state index in [2.05, 4.69) is 5.32 Å². The van der Waals surface area contributed by atoms with E-state index in [0.29, 0.717) is 11.1 Å². The van der Waals surface area contributed by atoms with Gasteiger partial charge in [0.15, 0.2) is 0 Å². The number of nitrogens with one attached hydrogen (secondary N) is 1. The Morgan fingerprint density at radius 2 is 1.71 bits per heavy atom. The van der Waals surface area contributed by atoms with Crippen molar-refractivity contribution in [3.8, 4) is 6.07 Å². The highest BCUT2D eigenvalue weighted by Crippen LogP contribution is 2.23. The minimum absolute atomic E-state index is 0.219. The van der Waals surface area contributed by atoms with Crippen molar-refractivity contribution in [3.05, 3.63) is 77.9 Å². The van der Waals surface area contributed by atoms with Crippen LogP contribution < -0.4 is 5.32 Å². The third-order valence-electron chi connectivity index (χ3n) is 3.29. The van der Waals surface area contributed by atoms with Crippen molar-refractivity contribution in [3.63, 3.8) is 0 Å². The molecule has 0 aliphatic heterocycles. The lowest BCUT2D eigenvalue weighted by atomic mass is 10.1. The maximum absolute atomic E-state index is 12.3. The molecule has 0 spiro atoms. The Bertz CT molecular complexity index is 857. The molecule has 0 atom stereocenters. The predicted molar refractivity (Wildman–Crippen MR) is 83.1 cm³/mol. The summed E-state index contributed by atoms with van der Waals surface area (Å²) in [6.07, 6.45) is 0. The van der Waals surface area contributed by atoms with Gasteiger partial charge in [-0.1, -0.05) is 42.5 Å². The lowest BCUT2D eigenvalue weighted by Gasteiger charge is -2.09. The van der Waals surface area contributed by atoms with Gasteiger partial charge in [0.25, 0.3) is 5.91 Å². The van der Waals surface area contributed by atoms with Crippen molar-refractivity contribution in [1.82, 2.24) is 0 Å². The van der Waals surface area contributed by atoms with Crippen molar-refractivity contribution >= 4 is 22.4 Å². The second-order valence-electron chi connectivity index (χ2n) is 4.67. The number of carbonyl (C=O) groups is 1. The van der Waals surface area contributed by atoms with Gasteiger partial charge in [-0.3, -0.25) is 4.79 Å². The highest BCUT2D eigenvalue weighted by Gasteiger charge is 2.08. The fourth-order valence-electron chi connectivity index (χ4n) is 2.26. The molecular weight excluding hydrogens is 260 g/mol. The quantitative estimate of drug-likeness (QED) is 0.767. The first kappa shape index (κ1) is 12.9. The summed E-state index contributed by atoms with van der Waals surface area (Å²) in [5.74, 6) is -0.219. The maximum Gasteiger partial charge on any atom is 0.255 e. The molecule has 3 rings (SSSR count). The number of nitrogens with zero attached hydrogens (tertiary/aromatic N) is 1. The topological polar surface area (TPSA) is 52.9 Å². The summed E-state index contributed by atoms with van der Waals surface area (Å²) < 4.78 is 0. The number of anilines is 1. The van der Waals surface area contributed by atoms with E-state index < -0.39 is 0 Å². The number of benzene rings is 3. The Hall–Kier alpha value is -3.12. The van der Waals surface area contributed by atoms with Crippen LogP contribution >= 0.6 is 0 Å². The molecule has 0 fully saturated rings. The van der Waals surface area contributed by atoms with Crippen LogP contribution in [0.2, 0.25) is 0 Å². The van der Waals surface area contributed by atoms with Crippen molar-refractivity contribution in [2.75, 3.05) is 5.32 Å². The first-order valence-corrected chi connectivity index (χ1v) is 6.57. The zero-order valence-corrected chi connectivity index (χ0v) is 11.2. The first-order valence-electron chi connectivity index (χ1n) is 6.57. The second kappa shape index (κ2) is 5.48. The van der Waals surface area contributed by atoms with E-state index in [-0.39, 0.29) is 5.91 Å². The average Bonchev–Trinajstić information content (AvgIpc) is 2.55. The van der Waals surface area contributed by atoms with Gasteiger partial charge in [0.2, 0.25) is 0 Å². The van der Waals surface area contributed by atoms with E-state index in [4.69, 9.17) is 5.26 Å². The Morgan fingerprint density at radius 3 is 2.57 bits per heavy atom. The van der Waals surface area contributed by atoms with E-state index in [9.17, 15) is 4.79 Å². The normalized spacial score (nSPS) is 10.0. The summed E-state index contributed by atoms with van der Waals surface area (Å²) in [6.45, 7) is 0. The Balaban J connectivity index is 1.95. The Labute approximate surface area is 122 Å². The molecule has 0 saturated carbocycles. The van der Waals surface area contributed by atoms with Crippen molar-refractivity contribution in [2.45, 2.75) is 0 Å². The molecule has 1 N–H and O–H groups in total. The molecular formula is C18H12N2O. The summed E-state index contributed by atoms with van der Waals surface area (Å²) in [6, 6.07) is 22.3. The highest BCUT2D eigenvalue weighted by atomic mass is 16.1. The van der Waals surface area contributed by atoms with Gasteiger partial charge in [0.05, 0.1) is 11.6 Å². The molecule has 21 heavy (non-hydrogen) atoms. The van der Waals surface area contributed by atoms with E-state index in [1.54, 1.807) is 24.3 Å². The highest BCUT2D eigenvalue weighted by molar-refractivity contribution is 6.09. The fourth-order valence-corrected chi connectivity index (χ4v) is 2.26. The minimum Gasteiger partial charge on any atom is -0.321 e. The molecule has 0 aromatic heterocycles. The van der Waals surface area contributed by atoms with Gasteiger partial charge >= 0.3 is 0 Å². The largest absolute Gasteiger partial charge is 0.321 e. The average molecular weight is 272 g/mol. The molecule has 0 saturated heterocycles. The Morgan fingerprint density at radius 1 is 0.952 bits per heavy atom. The number of nitriles is 1. The summed E-state index contributed by atoms with van der Waals surface area (Å²) in [4.78, 5) is 12.3. The SMILES string of the molecule is N#Cc1cccc(C(=O)Nc2cccc3ccccc23)c1. The van der Waals surface area contributed by atoms with Gasteiger partial charge in [-0.2, -0.15) is 5.26 Å². The van der Waals surface area contributed by atoms with Crippen LogP contribution in [-0.4, -0.2) is 5.91 Å². The maximum atomic E-state index is 12.3. The number of amides is 1. The van der Waals surface area contributed by atoms with E-state index in [1.165, 1.54) is 0 Å². The van der Waals surface area contributed by atoms with Crippen LogP contribution in [-0.2, 0) is 0 Å². The molecule has 0 aliphatic rings. The Kier molecular flexibility index (Phi) is 3.36. The van der Waals surface area contributed by atoms with Crippen LogP contribution in [0.1, 0.15) is 15.9 Å². The monoisotopic (exact) mass is 272 g/mol. The van der Waals surface area contributed by atoms with Gasteiger partial charge in [0.1, 0.15) is 0 Å². The number of hydrogen-bond donors (Lipinski definition) is 1. The van der Waals surface area contributed by atoms with Crippen LogP contribution in [0.15, 0.2) is 66.7 Å². The molecule has 3 aromatic carbocycles. The van der Waals surface area contributed by atoms with Crippen LogP contribution in [0, 0.1) is 11.3 Å². The molecule has 3 heteroatoms. The fraction of sp³-hybridized carbons (Fsp3) is 0. The number of fused-ring (bicyclic) bond motifs is 1. The standard InChI is InChI=1S/C18H12N2O/c19-12-13-5-3-8-15(11-13)18(21)20-17-10-4-7-14-6-1-2-9-16(14)17/h1-11H,(H,20,21). The minimum atomic E-state index is -0.219. The molecule has 1 amide bonds. The lowest BCUT2D eigenvalue weighted by molar-refractivity contribution is 0.102. The molecule has 0 unspecified atom stereocenters. The molecule has 0 bridgehead atoms. The summed E-state index contributed by atoms with van der Waals surface area (Å²) in [5, 5.41) is 13.9. The van der Waals surface area contributed by atoms with Gasteiger partial charge in [-0.25, -0.2) is 0 Å². The summed E-state index contributed by atoms with van der Waals surface area (Å²) in [7, 11) is 0. The van der Waals surface area contributed by atoms with Crippen molar-refractivity contribution < 1.29 is 4.79 Å². The van der Waals surface area contributed by atoms with Gasteiger partial charge < -0.3 is 5.32 Å². The second-order valence-corrected chi connectivity index (χ2v) is 4.67. The van der Waals surface area contributed by atoms with E-state index >= 15 is 0 Å². The zero-order chi connectivity index (χ0) is 14.7. The van der Waals surface area contributed by atoms with Gasteiger partial charge in [0, 0.05) is 16.6 Å². The molecule has 3 aromatic rings. The van der Waals surface area contributed by atoms with Crippen molar-refractivity contribution in [2.24, 2.45) is 0 Å². The number of hydrogen-bond acceptors (Lipinski definition) is 2. The number of carbonyl (C=O) groups excluding carboxylic acids is 1. The smallest absolute Gasteiger partial charge is 0.255 e. The van der Waals surface area contributed by atoms with E-state index in [1.807, 2.05) is 48.5 Å². The molecule has 0 aliphatic carbocycles. The van der Waals surface area contributed by atoms with Crippen LogP contribution in [0.5, 0.6) is 0 Å². The summed E-state index contributed by atoms with van der Waals surface area (Å²) >= 11 is 0. The van der Waals surface area contributed by atoms with Crippen LogP contribution in [0.3, 0.4) is 0 Å². The third-order valence-corrected chi connectivity index (χ3v) is 3.29. The van der Waals surface area contributed by atoms with Crippen molar-refractivity contribution in [1.29, 1.82) is 5.26 Å². The predicted octanol–water partition coefficient (Wildman–Crippen LogP) is 3.96. The molecule has 100 valence electrons. The van der Waals surface area contributed by atoms with Crippen LogP contribution in [0.25, 0.3) is 10.8 Å².